The normalized spacial score (nSPS) is 14.3. The Morgan fingerprint density at radius 1 is 1.35 bits per heavy atom. The van der Waals surface area contributed by atoms with Crippen molar-refractivity contribution in [3.8, 4) is 11.5 Å². The van der Waals surface area contributed by atoms with Gasteiger partial charge in [0.1, 0.15) is 0 Å². The maximum absolute atomic E-state index is 10.2. The van der Waals surface area contributed by atoms with Crippen molar-refractivity contribution < 1.29 is 14.9 Å². The molecule has 0 saturated heterocycles. The number of nitrogens with zero attached hydrogens (tertiary/aromatic N) is 1. The quantitative estimate of drug-likeness (QED) is 0.668. The van der Waals surface area contributed by atoms with E-state index in [2.05, 4.69) is 5.32 Å². The molecule has 5 nitrogen and oxygen atoms in total. The van der Waals surface area contributed by atoms with Gasteiger partial charge in [-0.05, 0) is 34.0 Å². The molecule has 5 heteroatoms. The van der Waals surface area contributed by atoms with Crippen LogP contribution in [-0.4, -0.2) is 54.5 Å². The Labute approximate surface area is 121 Å². The average molecular weight is 282 g/mol. The van der Waals surface area contributed by atoms with E-state index < -0.39 is 5.60 Å². The molecule has 1 rings (SSSR count). The van der Waals surface area contributed by atoms with Crippen molar-refractivity contribution in [1.82, 2.24) is 10.2 Å². The van der Waals surface area contributed by atoms with Crippen molar-refractivity contribution >= 4 is 0 Å². The second-order valence-electron chi connectivity index (χ2n) is 5.54. The maximum atomic E-state index is 10.2. The van der Waals surface area contributed by atoms with Crippen molar-refractivity contribution in [1.29, 1.82) is 0 Å². The number of ether oxygens (including phenoxy) is 1. The second-order valence-corrected chi connectivity index (χ2v) is 5.54. The number of aromatic hydroxyl groups is 1. The number of para-hydroxylation sites is 1. The fourth-order valence-corrected chi connectivity index (χ4v) is 2.19. The SMILES string of the molecule is CCOc1cccc(CNCC(C)(O)CN(C)C)c1O. The zero-order valence-corrected chi connectivity index (χ0v) is 12.8. The summed E-state index contributed by atoms with van der Waals surface area (Å²) in [6, 6.07) is 5.43. The van der Waals surface area contributed by atoms with E-state index in [-0.39, 0.29) is 5.75 Å². The molecular weight excluding hydrogens is 256 g/mol. The van der Waals surface area contributed by atoms with Gasteiger partial charge in [0, 0.05) is 25.2 Å². The van der Waals surface area contributed by atoms with Gasteiger partial charge in [-0.1, -0.05) is 12.1 Å². The number of phenols is 1. The Bertz CT molecular complexity index is 420. The van der Waals surface area contributed by atoms with Crippen LogP contribution >= 0.6 is 0 Å². The monoisotopic (exact) mass is 282 g/mol. The zero-order valence-electron chi connectivity index (χ0n) is 12.8. The topological polar surface area (TPSA) is 65.0 Å². The van der Waals surface area contributed by atoms with Crippen LogP contribution in [0.3, 0.4) is 0 Å². The zero-order chi connectivity index (χ0) is 15.2. The van der Waals surface area contributed by atoms with Crippen molar-refractivity contribution in [3.63, 3.8) is 0 Å². The summed E-state index contributed by atoms with van der Waals surface area (Å²) in [5.41, 5.74) is -0.0481. The minimum absolute atomic E-state index is 0.161. The van der Waals surface area contributed by atoms with Crippen LogP contribution in [0.15, 0.2) is 18.2 Å². The molecule has 0 amide bonds. The highest BCUT2D eigenvalue weighted by molar-refractivity contribution is 5.45. The number of likely N-dealkylation sites (N-methyl/N-ethyl adjacent to an activating group) is 1. The lowest BCUT2D eigenvalue weighted by atomic mass is 10.1. The molecule has 0 bridgehead atoms. The first-order valence-electron chi connectivity index (χ1n) is 6.87. The molecule has 114 valence electrons. The number of aliphatic hydroxyl groups is 1. The Hall–Kier alpha value is -1.30. The van der Waals surface area contributed by atoms with E-state index in [4.69, 9.17) is 4.74 Å². The third-order valence-electron chi connectivity index (χ3n) is 2.86. The predicted molar refractivity (Wildman–Crippen MR) is 80.2 cm³/mol. The molecule has 0 spiro atoms. The summed E-state index contributed by atoms with van der Waals surface area (Å²) in [4.78, 5) is 1.94. The van der Waals surface area contributed by atoms with E-state index in [0.717, 1.165) is 5.56 Å². The van der Waals surface area contributed by atoms with E-state index in [1.54, 1.807) is 13.0 Å². The summed E-state index contributed by atoms with van der Waals surface area (Å²) in [7, 11) is 3.84. The van der Waals surface area contributed by atoms with Crippen molar-refractivity contribution in [2.24, 2.45) is 0 Å². The highest BCUT2D eigenvalue weighted by atomic mass is 16.5. The standard InChI is InChI=1S/C15H26N2O3/c1-5-20-13-8-6-7-12(14(13)18)9-16-10-15(2,19)11-17(3)4/h6-8,16,18-19H,5,9-11H2,1-4H3. The Morgan fingerprint density at radius 3 is 2.65 bits per heavy atom. The van der Waals surface area contributed by atoms with E-state index in [9.17, 15) is 10.2 Å². The lowest BCUT2D eigenvalue weighted by Gasteiger charge is -2.27. The first-order chi connectivity index (χ1) is 9.35. The largest absolute Gasteiger partial charge is 0.504 e. The Morgan fingerprint density at radius 2 is 2.05 bits per heavy atom. The molecule has 0 fully saturated rings. The first kappa shape index (κ1) is 16.8. The molecule has 1 aromatic carbocycles. The Balaban J connectivity index is 2.56. The number of nitrogens with one attached hydrogen (secondary N) is 1. The highest BCUT2D eigenvalue weighted by Gasteiger charge is 2.20. The maximum Gasteiger partial charge on any atom is 0.162 e. The predicted octanol–water partition coefficient (Wildman–Crippen LogP) is 1.19. The number of hydrogen-bond donors (Lipinski definition) is 3. The fourth-order valence-electron chi connectivity index (χ4n) is 2.19. The number of rotatable bonds is 8. The van der Waals surface area contributed by atoms with E-state index >= 15 is 0 Å². The first-order valence-corrected chi connectivity index (χ1v) is 6.87. The van der Waals surface area contributed by atoms with Crippen molar-refractivity contribution in [2.75, 3.05) is 33.8 Å². The van der Waals surface area contributed by atoms with Crippen LogP contribution in [-0.2, 0) is 6.54 Å². The minimum Gasteiger partial charge on any atom is -0.504 e. The summed E-state index contributed by atoms with van der Waals surface area (Å²) in [6.45, 7) is 5.69. The number of phenolic OH excluding ortho intramolecular Hbond substituents is 1. The Kier molecular flexibility index (Phi) is 6.26. The third-order valence-corrected chi connectivity index (χ3v) is 2.86. The molecule has 20 heavy (non-hydrogen) atoms. The van der Waals surface area contributed by atoms with Gasteiger partial charge in [0.15, 0.2) is 11.5 Å². The fraction of sp³-hybridized carbons (Fsp3) is 0.600. The highest BCUT2D eigenvalue weighted by Crippen LogP contribution is 2.29. The molecule has 1 unspecified atom stereocenters. The molecule has 1 atom stereocenters. The second kappa shape index (κ2) is 7.47. The average Bonchev–Trinajstić information content (AvgIpc) is 2.32. The van der Waals surface area contributed by atoms with Gasteiger partial charge in [-0.2, -0.15) is 0 Å². The minimum atomic E-state index is -0.809. The lowest BCUT2D eigenvalue weighted by molar-refractivity contribution is 0.0335. The van der Waals surface area contributed by atoms with Gasteiger partial charge >= 0.3 is 0 Å². The van der Waals surface area contributed by atoms with Crippen LogP contribution in [0.4, 0.5) is 0 Å². The molecule has 0 aliphatic heterocycles. The van der Waals surface area contributed by atoms with Crippen LogP contribution in [0, 0.1) is 0 Å². The summed E-state index contributed by atoms with van der Waals surface area (Å²) >= 11 is 0. The summed E-state index contributed by atoms with van der Waals surface area (Å²) < 4.78 is 5.34. The molecule has 0 aliphatic carbocycles. The van der Waals surface area contributed by atoms with Gasteiger partial charge < -0.3 is 25.2 Å². The summed E-state index contributed by atoms with van der Waals surface area (Å²) in [5, 5.41) is 23.4. The van der Waals surface area contributed by atoms with Crippen LogP contribution in [0.5, 0.6) is 11.5 Å². The molecule has 3 N–H and O–H groups in total. The van der Waals surface area contributed by atoms with Crippen LogP contribution in [0.1, 0.15) is 19.4 Å². The molecule has 0 aromatic heterocycles. The van der Waals surface area contributed by atoms with Crippen molar-refractivity contribution in [2.45, 2.75) is 26.0 Å². The van der Waals surface area contributed by atoms with Gasteiger partial charge in [-0.3, -0.25) is 0 Å². The summed E-state index contributed by atoms with van der Waals surface area (Å²) in [5.74, 6) is 0.654. The lowest BCUT2D eigenvalue weighted by Crippen LogP contribution is -2.45. The third kappa shape index (κ3) is 5.36. The van der Waals surface area contributed by atoms with Crippen LogP contribution < -0.4 is 10.1 Å². The van der Waals surface area contributed by atoms with Gasteiger partial charge in [-0.25, -0.2) is 0 Å². The van der Waals surface area contributed by atoms with E-state index in [0.29, 0.717) is 32.0 Å². The van der Waals surface area contributed by atoms with Gasteiger partial charge in [-0.15, -0.1) is 0 Å². The molecule has 0 saturated carbocycles. The van der Waals surface area contributed by atoms with E-state index in [1.165, 1.54) is 0 Å². The number of hydrogen-bond acceptors (Lipinski definition) is 5. The molecule has 0 heterocycles. The van der Waals surface area contributed by atoms with E-state index in [1.807, 2.05) is 38.1 Å². The smallest absolute Gasteiger partial charge is 0.162 e. The van der Waals surface area contributed by atoms with Gasteiger partial charge in [0.25, 0.3) is 0 Å². The molecule has 0 aliphatic rings. The molecule has 1 aromatic rings. The van der Waals surface area contributed by atoms with Gasteiger partial charge in [0.05, 0.1) is 12.2 Å². The number of benzene rings is 1. The molecular formula is C15H26N2O3. The van der Waals surface area contributed by atoms with Crippen molar-refractivity contribution in [3.05, 3.63) is 23.8 Å². The van der Waals surface area contributed by atoms with Gasteiger partial charge in [0.2, 0.25) is 0 Å². The summed E-state index contributed by atoms with van der Waals surface area (Å²) in [6.07, 6.45) is 0. The van der Waals surface area contributed by atoms with Crippen LogP contribution in [0.25, 0.3) is 0 Å². The van der Waals surface area contributed by atoms with Crippen LogP contribution in [0.2, 0.25) is 0 Å². The molecule has 0 radical (unpaired) electrons.